The van der Waals surface area contributed by atoms with Crippen molar-refractivity contribution in [1.29, 1.82) is 0 Å². The minimum absolute atomic E-state index is 0.106. The van der Waals surface area contributed by atoms with Crippen molar-refractivity contribution >= 4 is 21.6 Å². The molecule has 2 aromatic heterocycles. The predicted octanol–water partition coefficient (Wildman–Crippen LogP) is 0.733. The molecule has 9 heteroatoms. The van der Waals surface area contributed by atoms with E-state index < -0.39 is 9.84 Å². The summed E-state index contributed by atoms with van der Waals surface area (Å²) in [6.07, 6.45) is 3.92. The summed E-state index contributed by atoms with van der Waals surface area (Å²) >= 11 is 0. The normalized spacial score (nSPS) is 18.5. The van der Waals surface area contributed by atoms with E-state index in [0.717, 1.165) is 5.56 Å². The lowest BCUT2D eigenvalue weighted by atomic mass is 10.2. The number of hydrogen-bond acceptors (Lipinski definition) is 7. The summed E-state index contributed by atoms with van der Waals surface area (Å²) in [5.74, 6) is 0.987. The summed E-state index contributed by atoms with van der Waals surface area (Å²) < 4.78 is 23.4. The van der Waals surface area contributed by atoms with Crippen molar-refractivity contribution in [2.75, 3.05) is 23.5 Å². The zero-order valence-electron chi connectivity index (χ0n) is 14.7. The second-order valence-corrected chi connectivity index (χ2v) is 8.60. The number of hydrogen-bond donors (Lipinski definition) is 1. The van der Waals surface area contributed by atoms with Gasteiger partial charge in [-0.15, -0.1) is 0 Å². The van der Waals surface area contributed by atoms with Gasteiger partial charge in [-0.2, -0.15) is 0 Å². The van der Waals surface area contributed by atoms with Gasteiger partial charge in [0.1, 0.15) is 17.3 Å². The third-order valence-electron chi connectivity index (χ3n) is 4.35. The van der Waals surface area contributed by atoms with Crippen LogP contribution < -0.4 is 10.2 Å². The first kappa shape index (κ1) is 18.2. The smallest absolute Gasteiger partial charge is 0.270 e. The molecule has 26 heavy (non-hydrogen) atoms. The van der Waals surface area contributed by atoms with E-state index in [2.05, 4.69) is 20.3 Å². The van der Waals surface area contributed by atoms with Crippen molar-refractivity contribution in [1.82, 2.24) is 20.3 Å². The maximum Gasteiger partial charge on any atom is 0.270 e. The number of anilines is 1. The molecule has 1 unspecified atom stereocenters. The second kappa shape index (κ2) is 7.36. The quantitative estimate of drug-likeness (QED) is 0.821. The third-order valence-corrected chi connectivity index (χ3v) is 6.10. The molecule has 0 radical (unpaired) electrons. The average molecular weight is 375 g/mol. The van der Waals surface area contributed by atoms with Crippen LogP contribution in [0.3, 0.4) is 0 Å². The predicted molar refractivity (Wildman–Crippen MR) is 97.6 cm³/mol. The Labute approximate surface area is 152 Å². The minimum atomic E-state index is -2.99. The highest BCUT2D eigenvalue weighted by Gasteiger charge is 2.31. The van der Waals surface area contributed by atoms with Gasteiger partial charge in [-0.25, -0.2) is 18.4 Å². The number of aromatic nitrogens is 3. The number of sulfone groups is 1. The molecule has 0 aliphatic carbocycles. The van der Waals surface area contributed by atoms with Gasteiger partial charge in [0.25, 0.3) is 5.91 Å². The summed E-state index contributed by atoms with van der Waals surface area (Å²) in [7, 11) is -1.20. The van der Waals surface area contributed by atoms with E-state index in [0.29, 0.717) is 24.6 Å². The molecule has 0 spiro atoms. The lowest BCUT2D eigenvalue weighted by Crippen LogP contribution is -2.34. The topological polar surface area (TPSA) is 105 Å². The molecule has 0 bridgehead atoms. The lowest BCUT2D eigenvalue weighted by Gasteiger charge is -2.25. The molecule has 1 aliphatic rings. The van der Waals surface area contributed by atoms with Crippen molar-refractivity contribution in [2.24, 2.45) is 0 Å². The van der Waals surface area contributed by atoms with Gasteiger partial charge in [0, 0.05) is 38.1 Å². The van der Waals surface area contributed by atoms with Crippen molar-refractivity contribution in [2.45, 2.75) is 25.9 Å². The monoisotopic (exact) mass is 375 g/mol. The third kappa shape index (κ3) is 4.34. The highest BCUT2D eigenvalue weighted by atomic mass is 32.2. The first-order valence-electron chi connectivity index (χ1n) is 8.30. The molecular formula is C17H21N5O3S. The van der Waals surface area contributed by atoms with E-state index in [4.69, 9.17) is 0 Å². The Kier molecular flexibility index (Phi) is 5.17. The van der Waals surface area contributed by atoms with Crippen LogP contribution in [0.1, 0.15) is 28.3 Å². The minimum Gasteiger partial charge on any atom is -0.356 e. The Hall–Kier alpha value is -2.55. The number of carbonyl (C=O) groups excluding carboxylic acids is 1. The Morgan fingerprint density at radius 1 is 1.38 bits per heavy atom. The van der Waals surface area contributed by atoms with Gasteiger partial charge < -0.3 is 10.2 Å². The number of pyridine rings is 1. The maximum atomic E-state index is 12.4. The van der Waals surface area contributed by atoms with E-state index in [-0.39, 0.29) is 29.1 Å². The molecule has 3 heterocycles. The molecule has 1 amide bonds. The van der Waals surface area contributed by atoms with E-state index in [9.17, 15) is 13.2 Å². The largest absolute Gasteiger partial charge is 0.356 e. The van der Waals surface area contributed by atoms with Crippen LogP contribution in [0.15, 0.2) is 30.6 Å². The van der Waals surface area contributed by atoms with Gasteiger partial charge in [0.15, 0.2) is 9.84 Å². The molecule has 2 aromatic rings. The standard InChI is InChI=1S/C17H21N5O3S/c1-12-20-15(17(23)19-10-13-4-3-6-18-9-13)8-16(21-12)22(2)14-5-7-26(24,25)11-14/h3-4,6,8-9,14H,5,7,10-11H2,1-2H3,(H,19,23). The fourth-order valence-corrected chi connectivity index (χ4v) is 4.67. The Bertz CT molecular complexity index is 902. The van der Waals surface area contributed by atoms with Crippen LogP contribution in [0.4, 0.5) is 5.82 Å². The fourth-order valence-electron chi connectivity index (χ4n) is 2.89. The highest BCUT2D eigenvalue weighted by Crippen LogP contribution is 2.22. The van der Waals surface area contributed by atoms with E-state index in [1.165, 1.54) is 0 Å². The van der Waals surface area contributed by atoms with E-state index in [1.54, 1.807) is 38.5 Å². The average Bonchev–Trinajstić information content (AvgIpc) is 2.99. The van der Waals surface area contributed by atoms with Crippen LogP contribution >= 0.6 is 0 Å². The molecule has 1 fully saturated rings. The zero-order chi connectivity index (χ0) is 18.7. The molecule has 1 aliphatic heterocycles. The maximum absolute atomic E-state index is 12.4. The molecule has 1 N–H and O–H groups in total. The number of aryl methyl sites for hydroxylation is 1. The summed E-state index contributed by atoms with van der Waals surface area (Å²) in [5.41, 5.74) is 1.14. The Morgan fingerprint density at radius 2 is 2.19 bits per heavy atom. The molecular weight excluding hydrogens is 354 g/mol. The number of nitrogens with one attached hydrogen (secondary N) is 1. The van der Waals surface area contributed by atoms with Crippen LogP contribution in [0.5, 0.6) is 0 Å². The fraction of sp³-hybridized carbons (Fsp3) is 0.412. The summed E-state index contributed by atoms with van der Waals surface area (Å²) in [5, 5.41) is 2.81. The highest BCUT2D eigenvalue weighted by molar-refractivity contribution is 7.91. The van der Waals surface area contributed by atoms with Crippen molar-refractivity contribution in [3.8, 4) is 0 Å². The first-order chi connectivity index (χ1) is 12.3. The summed E-state index contributed by atoms with van der Waals surface area (Å²) in [4.78, 5) is 26.8. The van der Waals surface area contributed by atoms with Crippen LogP contribution in [-0.2, 0) is 16.4 Å². The van der Waals surface area contributed by atoms with E-state index >= 15 is 0 Å². The molecule has 1 saturated heterocycles. The van der Waals surface area contributed by atoms with Crippen molar-refractivity contribution < 1.29 is 13.2 Å². The molecule has 0 saturated carbocycles. The van der Waals surface area contributed by atoms with Gasteiger partial charge in [-0.3, -0.25) is 9.78 Å². The SMILES string of the molecule is Cc1nc(C(=O)NCc2cccnc2)cc(N(C)C2CCS(=O)(=O)C2)n1. The Morgan fingerprint density at radius 3 is 2.85 bits per heavy atom. The van der Waals surface area contributed by atoms with Crippen molar-refractivity contribution in [3.05, 3.63) is 47.7 Å². The van der Waals surface area contributed by atoms with Gasteiger partial charge in [0.05, 0.1) is 11.5 Å². The second-order valence-electron chi connectivity index (χ2n) is 6.37. The number of rotatable bonds is 5. The number of amides is 1. The van der Waals surface area contributed by atoms with Crippen LogP contribution in [0, 0.1) is 6.92 Å². The van der Waals surface area contributed by atoms with Gasteiger partial charge >= 0.3 is 0 Å². The molecule has 138 valence electrons. The molecule has 0 aromatic carbocycles. The first-order valence-corrected chi connectivity index (χ1v) is 10.1. The van der Waals surface area contributed by atoms with Crippen LogP contribution in [-0.4, -0.2) is 53.9 Å². The zero-order valence-corrected chi connectivity index (χ0v) is 15.5. The van der Waals surface area contributed by atoms with Crippen molar-refractivity contribution in [3.63, 3.8) is 0 Å². The van der Waals surface area contributed by atoms with E-state index in [1.807, 2.05) is 11.0 Å². The van der Waals surface area contributed by atoms with Crippen LogP contribution in [0.2, 0.25) is 0 Å². The number of carbonyl (C=O) groups is 1. The molecule has 3 rings (SSSR count). The number of nitrogens with zero attached hydrogens (tertiary/aromatic N) is 4. The summed E-state index contributed by atoms with van der Waals surface area (Å²) in [6.45, 7) is 2.06. The lowest BCUT2D eigenvalue weighted by molar-refractivity contribution is 0.0945. The summed E-state index contributed by atoms with van der Waals surface area (Å²) in [6, 6.07) is 5.13. The van der Waals surface area contributed by atoms with Crippen LogP contribution in [0.25, 0.3) is 0 Å². The molecule has 1 atom stereocenters. The van der Waals surface area contributed by atoms with Gasteiger partial charge in [-0.1, -0.05) is 6.07 Å². The van der Waals surface area contributed by atoms with Gasteiger partial charge in [0.2, 0.25) is 0 Å². The van der Waals surface area contributed by atoms with Gasteiger partial charge in [-0.05, 0) is 25.0 Å². The Balaban J connectivity index is 1.73. The molecule has 8 nitrogen and oxygen atoms in total.